The molecule has 1 unspecified atom stereocenters. The van der Waals surface area contributed by atoms with E-state index in [1.807, 2.05) is 50.2 Å². The molecule has 7 nitrogen and oxygen atoms in total. The van der Waals surface area contributed by atoms with E-state index in [4.69, 9.17) is 4.74 Å². The first kappa shape index (κ1) is 28.0. The molecule has 0 saturated heterocycles. The Hall–Kier alpha value is -3.56. The fraction of sp³-hybridized carbons (Fsp3) is 0.500. The van der Waals surface area contributed by atoms with E-state index in [-0.39, 0.29) is 18.0 Å². The zero-order valence-corrected chi connectivity index (χ0v) is 23.5. The van der Waals surface area contributed by atoms with Gasteiger partial charge in [0.25, 0.3) is 5.91 Å². The molecular formula is C30H35F3N4O3. The molecule has 2 aliphatic rings. The predicted octanol–water partition coefficient (Wildman–Crippen LogP) is 6.31. The zero-order chi connectivity index (χ0) is 29.0. The number of carbonyl (C=O) groups excluding carboxylic acids is 2. The fourth-order valence-corrected chi connectivity index (χ4v) is 5.49. The van der Waals surface area contributed by atoms with E-state index in [1.165, 1.54) is 16.8 Å². The maximum atomic E-state index is 14.0. The topological polar surface area (TPSA) is 69.4 Å². The van der Waals surface area contributed by atoms with Crippen LogP contribution in [0, 0.1) is 13.8 Å². The first-order valence-electron chi connectivity index (χ1n) is 13.7. The van der Waals surface area contributed by atoms with Crippen molar-refractivity contribution >= 4 is 12.0 Å². The highest BCUT2D eigenvalue weighted by atomic mass is 19.4. The predicted molar refractivity (Wildman–Crippen MR) is 143 cm³/mol. The number of hydrogen-bond donors (Lipinski definition) is 0. The van der Waals surface area contributed by atoms with Crippen molar-refractivity contribution in [3.8, 4) is 0 Å². The molecule has 0 N–H and O–H groups in total. The molecule has 10 heteroatoms. The molecule has 0 bridgehead atoms. The first-order chi connectivity index (χ1) is 18.7. The minimum absolute atomic E-state index is 0.0123. The van der Waals surface area contributed by atoms with Gasteiger partial charge in [0.2, 0.25) is 0 Å². The highest BCUT2D eigenvalue weighted by molar-refractivity contribution is 5.96. The summed E-state index contributed by atoms with van der Waals surface area (Å²) < 4.78 is 47.6. The zero-order valence-electron chi connectivity index (χ0n) is 23.5. The smallest absolute Gasteiger partial charge is 0.435 e. The van der Waals surface area contributed by atoms with Crippen molar-refractivity contribution in [1.29, 1.82) is 0 Å². The van der Waals surface area contributed by atoms with E-state index < -0.39 is 23.4 Å². The Balaban J connectivity index is 1.34. The number of hydrogen-bond acceptors (Lipinski definition) is 4. The summed E-state index contributed by atoms with van der Waals surface area (Å²) in [6, 6.07) is 7.19. The van der Waals surface area contributed by atoms with Crippen LogP contribution in [-0.2, 0) is 30.3 Å². The highest BCUT2D eigenvalue weighted by Crippen LogP contribution is 2.36. The van der Waals surface area contributed by atoms with Crippen LogP contribution in [0.3, 0.4) is 0 Å². The van der Waals surface area contributed by atoms with Gasteiger partial charge in [-0.2, -0.15) is 23.0 Å². The Morgan fingerprint density at radius 2 is 1.73 bits per heavy atom. The van der Waals surface area contributed by atoms with Crippen LogP contribution in [0.2, 0.25) is 0 Å². The van der Waals surface area contributed by atoms with Crippen LogP contribution in [-0.4, -0.2) is 48.9 Å². The van der Waals surface area contributed by atoms with Crippen LogP contribution < -0.4 is 0 Å². The Kier molecular flexibility index (Phi) is 7.08. The van der Waals surface area contributed by atoms with E-state index >= 15 is 0 Å². The molecule has 2 aromatic heterocycles. The summed E-state index contributed by atoms with van der Waals surface area (Å²) in [6.07, 6.45) is 0.773. The molecule has 1 amide bonds. The lowest BCUT2D eigenvalue weighted by atomic mass is 9.91. The van der Waals surface area contributed by atoms with Crippen molar-refractivity contribution < 1.29 is 27.5 Å². The number of halogens is 3. The van der Waals surface area contributed by atoms with Crippen molar-refractivity contribution in [3.63, 3.8) is 0 Å². The van der Waals surface area contributed by atoms with Crippen molar-refractivity contribution in [2.24, 2.45) is 0 Å². The molecule has 214 valence electrons. The SMILES string of the molecule is Cc1cc(C(=O)N(C2CC2)C2CCc3nn(C(=O)OC(C)(C)C)cc3C2)c(C)n1Cc1ccc(C(F)(F)F)cc1. The average molecular weight is 557 g/mol. The largest absolute Gasteiger partial charge is 0.442 e. The summed E-state index contributed by atoms with van der Waals surface area (Å²) in [6.45, 7) is 9.60. The standard InChI is InChI=1S/C30H35F3N4O3/c1-18-14-25(19(2)35(18)16-20-6-8-22(9-7-20)30(31,32)33)27(38)37(23-10-11-23)24-12-13-26-21(15-24)17-36(34-26)28(39)40-29(3,4)5/h6-9,14,17,23-24H,10-13,15-16H2,1-5H3. The normalized spacial score (nSPS) is 17.4. The van der Waals surface area contributed by atoms with E-state index in [1.54, 1.807) is 6.20 Å². The molecule has 0 aliphatic heterocycles. The van der Waals surface area contributed by atoms with Gasteiger partial charge >= 0.3 is 12.3 Å². The van der Waals surface area contributed by atoms with Crippen LogP contribution in [0.4, 0.5) is 18.0 Å². The van der Waals surface area contributed by atoms with Gasteiger partial charge in [-0.25, -0.2) is 4.79 Å². The second kappa shape index (κ2) is 10.1. The molecule has 1 atom stereocenters. The molecule has 2 heterocycles. The van der Waals surface area contributed by atoms with Crippen molar-refractivity contribution in [3.05, 3.63) is 75.9 Å². The average Bonchev–Trinajstić information content (AvgIpc) is 3.53. The lowest BCUT2D eigenvalue weighted by molar-refractivity contribution is -0.137. The summed E-state index contributed by atoms with van der Waals surface area (Å²) in [7, 11) is 0. The van der Waals surface area contributed by atoms with Gasteiger partial charge in [0.15, 0.2) is 0 Å². The number of ether oxygens (including phenoxy) is 1. The van der Waals surface area contributed by atoms with Gasteiger partial charge < -0.3 is 14.2 Å². The Bertz CT molecular complexity index is 1430. The van der Waals surface area contributed by atoms with Gasteiger partial charge in [0.1, 0.15) is 5.60 Å². The number of aryl methyl sites for hydroxylation is 2. The van der Waals surface area contributed by atoms with Crippen LogP contribution >= 0.6 is 0 Å². The third-order valence-corrected chi connectivity index (χ3v) is 7.62. The number of nitrogens with zero attached hydrogens (tertiary/aromatic N) is 4. The van der Waals surface area contributed by atoms with Gasteiger partial charge in [-0.05, 0) is 96.0 Å². The summed E-state index contributed by atoms with van der Waals surface area (Å²) in [5.74, 6) is -0.0257. The van der Waals surface area contributed by atoms with Crippen LogP contribution in [0.1, 0.15) is 84.2 Å². The number of fused-ring (bicyclic) bond motifs is 1. The second-order valence-electron chi connectivity index (χ2n) is 11.9. The van der Waals surface area contributed by atoms with Crippen LogP contribution in [0.25, 0.3) is 0 Å². The van der Waals surface area contributed by atoms with Gasteiger partial charge in [0, 0.05) is 36.2 Å². The van der Waals surface area contributed by atoms with Crippen LogP contribution in [0.5, 0.6) is 0 Å². The Labute approximate surface area is 231 Å². The quantitative estimate of drug-likeness (QED) is 0.369. The minimum atomic E-state index is -4.38. The van der Waals surface area contributed by atoms with Gasteiger partial charge in [-0.1, -0.05) is 12.1 Å². The molecule has 1 aromatic carbocycles. The van der Waals surface area contributed by atoms with E-state index in [9.17, 15) is 22.8 Å². The molecule has 0 spiro atoms. The maximum Gasteiger partial charge on any atom is 0.435 e. The Morgan fingerprint density at radius 1 is 1.05 bits per heavy atom. The first-order valence-corrected chi connectivity index (χ1v) is 13.7. The monoisotopic (exact) mass is 556 g/mol. The van der Waals surface area contributed by atoms with Crippen LogP contribution in [0.15, 0.2) is 36.5 Å². The van der Waals surface area contributed by atoms with E-state index in [0.717, 1.165) is 59.6 Å². The lowest BCUT2D eigenvalue weighted by Crippen LogP contribution is -2.45. The molecule has 3 aromatic rings. The molecule has 1 fully saturated rings. The third kappa shape index (κ3) is 5.81. The number of aromatic nitrogens is 3. The van der Waals surface area contributed by atoms with E-state index in [2.05, 4.69) is 5.10 Å². The lowest BCUT2D eigenvalue weighted by Gasteiger charge is -2.34. The maximum absolute atomic E-state index is 14.0. The van der Waals surface area contributed by atoms with Gasteiger partial charge in [-0.3, -0.25) is 4.79 Å². The molecule has 1 saturated carbocycles. The van der Waals surface area contributed by atoms with Crippen molar-refractivity contribution in [2.75, 3.05) is 0 Å². The summed E-state index contributed by atoms with van der Waals surface area (Å²) >= 11 is 0. The third-order valence-electron chi connectivity index (χ3n) is 7.62. The molecular weight excluding hydrogens is 521 g/mol. The van der Waals surface area contributed by atoms with Crippen molar-refractivity contribution in [1.82, 2.24) is 19.2 Å². The van der Waals surface area contributed by atoms with Gasteiger partial charge in [-0.15, -0.1) is 0 Å². The second-order valence-corrected chi connectivity index (χ2v) is 11.9. The highest BCUT2D eigenvalue weighted by Gasteiger charge is 2.40. The molecule has 40 heavy (non-hydrogen) atoms. The number of carbonyl (C=O) groups is 2. The number of benzene rings is 1. The van der Waals surface area contributed by atoms with Crippen molar-refractivity contribution in [2.45, 2.75) is 97.1 Å². The molecule has 5 rings (SSSR count). The summed E-state index contributed by atoms with van der Waals surface area (Å²) in [4.78, 5) is 28.5. The minimum Gasteiger partial charge on any atom is -0.442 e. The van der Waals surface area contributed by atoms with E-state index in [0.29, 0.717) is 24.9 Å². The molecule has 2 aliphatic carbocycles. The number of alkyl halides is 3. The summed E-state index contributed by atoms with van der Waals surface area (Å²) in [5.41, 5.74) is 3.53. The number of amides is 1. The summed E-state index contributed by atoms with van der Waals surface area (Å²) in [5, 5.41) is 4.45. The van der Waals surface area contributed by atoms with Gasteiger partial charge in [0.05, 0.1) is 16.8 Å². The fourth-order valence-electron chi connectivity index (χ4n) is 5.49. The number of rotatable bonds is 5. The Morgan fingerprint density at radius 3 is 2.33 bits per heavy atom. The molecule has 0 radical (unpaired) electrons.